The van der Waals surface area contributed by atoms with Crippen molar-refractivity contribution in [1.82, 2.24) is 0 Å². The van der Waals surface area contributed by atoms with Gasteiger partial charge in [0, 0.05) is 17.8 Å². The molecule has 5 rings (SSSR count). The van der Waals surface area contributed by atoms with Gasteiger partial charge in [0.1, 0.15) is 0 Å². The second-order valence-electron chi connectivity index (χ2n) is 8.38. The standard InChI is InChI=1S/C28H27BrN2O2/c1-3-33-28-24(29)15-18(16-26(28)32-2)17-30-20-13-11-19(12-14-20)27-23-9-6-8-21(23)22-7-4-5-10-25(22)31-27/h4-8,10-17,21,23,27,31H,3,9H2,1-2H3/t21-,23-,27+/m1/s1. The molecule has 1 aliphatic carbocycles. The maximum Gasteiger partial charge on any atom is 0.175 e. The molecule has 1 heterocycles. The van der Waals surface area contributed by atoms with Gasteiger partial charge in [0.2, 0.25) is 0 Å². The molecule has 3 atom stereocenters. The normalized spacial score (nSPS) is 20.9. The molecular formula is C28H27BrN2O2. The second kappa shape index (κ2) is 9.44. The molecule has 0 spiro atoms. The molecular weight excluding hydrogens is 476 g/mol. The van der Waals surface area contributed by atoms with E-state index in [2.05, 4.69) is 86.9 Å². The van der Waals surface area contributed by atoms with E-state index in [0.717, 1.165) is 22.1 Å². The number of anilines is 1. The molecule has 0 unspecified atom stereocenters. The fourth-order valence-corrected chi connectivity index (χ4v) is 5.46. The van der Waals surface area contributed by atoms with E-state index in [1.165, 1.54) is 16.8 Å². The lowest BCUT2D eigenvalue weighted by atomic mass is 9.77. The number of allylic oxidation sites excluding steroid dienone is 2. The van der Waals surface area contributed by atoms with E-state index in [9.17, 15) is 0 Å². The summed E-state index contributed by atoms with van der Waals surface area (Å²) in [6.07, 6.45) is 7.66. The maximum absolute atomic E-state index is 5.67. The van der Waals surface area contributed by atoms with Crippen LogP contribution in [0.5, 0.6) is 11.5 Å². The Bertz CT molecular complexity index is 1200. The van der Waals surface area contributed by atoms with Gasteiger partial charge in [-0.25, -0.2) is 0 Å². The van der Waals surface area contributed by atoms with Gasteiger partial charge in [-0.2, -0.15) is 0 Å². The van der Waals surface area contributed by atoms with E-state index in [0.29, 0.717) is 36.0 Å². The monoisotopic (exact) mass is 502 g/mol. The zero-order valence-electron chi connectivity index (χ0n) is 18.8. The Morgan fingerprint density at radius 3 is 2.73 bits per heavy atom. The minimum atomic E-state index is 0.296. The van der Waals surface area contributed by atoms with E-state index >= 15 is 0 Å². The molecule has 33 heavy (non-hydrogen) atoms. The first-order valence-corrected chi connectivity index (χ1v) is 12.1. The summed E-state index contributed by atoms with van der Waals surface area (Å²) in [6, 6.07) is 21.5. The van der Waals surface area contributed by atoms with Crippen LogP contribution in [0.2, 0.25) is 0 Å². The molecule has 0 radical (unpaired) electrons. The zero-order chi connectivity index (χ0) is 22.8. The van der Waals surface area contributed by atoms with Gasteiger partial charge >= 0.3 is 0 Å². The van der Waals surface area contributed by atoms with E-state index in [-0.39, 0.29) is 0 Å². The van der Waals surface area contributed by atoms with Crippen molar-refractivity contribution in [1.29, 1.82) is 0 Å². The van der Waals surface area contributed by atoms with Crippen LogP contribution in [0.1, 0.15) is 42.0 Å². The highest BCUT2D eigenvalue weighted by Crippen LogP contribution is 2.49. The van der Waals surface area contributed by atoms with Crippen LogP contribution < -0.4 is 14.8 Å². The Kier molecular flexibility index (Phi) is 6.23. The molecule has 0 fully saturated rings. The summed E-state index contributed by atoms with van der Waals surface area (Å²) in [5.41, 5.74) is 5.81. The number of para-hydroxylation sites is 1. The smallest absolute Gasteiger partial charge is 0.175 e. The van der Waals surface area contributed by atoms with E-state index in [1.807, 2.05) is 25.3 Å². The van der Waals surface area contributed by atoms with E-state index < -0.39 is 0 Å². The second-order valence-corrected chi connectivity index (χ2v) is 9.23. The van der Waals surface area contributed by atoms with Crippen molar-refractivity contribution in [3.8, 4) is 11.5 Å². The van der Waals surface area contributed by atoms with Crippen LogP contribution in [-0.4, -0.2) is 19.9 Å². The van der Waals surface area contributed by atoms with Crippen molar-refractivity contribution in [3.63, 3.8) is 0 Å². The third-order valence-electron chi connectivity index (χ3n) is 6.43. The van der Waals surface area contributed by atoms with Crippen molar-refractivity contribution in [2.24, 2.45) is 10.9 Å². The van der Waals surface area contributed by atoms with Crippen LogP contribution in [0, 0.1) is 5.92 Å². The highest BCUT2D eigenvalue weighted by Gasteiger charge is 2.37. The Morgan fingerprint density at radius 1 is 1.12 bits per heavy atom. The highest BCUT2D eigenvalue weighted by molar-refractivity contribution is 9.10. The Hall–Kier alpha value is -3.05. The number of aliphatic imine (C=N–C) groups is 1. The zero-order valence-corrected chi connectivity index (χ0v) is 20.4. The first kappa shape index (κ1) is 21.8. The number of fused-ring (bicyclic) bond motifs is 3. The maximum atomic E-state index is 5.67. The van der Waals surface area contributed by atoms with E-state index in [1.54, 1.807) is 7.11 Å². The van der Waals surface area contributed by atoms with Crippen molar-refractivity contribution in [3.05, 3.63) is 94.0 Å². The van der Waals surface area contributed by atoms with Gasteiger partial charge in [-0.05, 0) is 82.2 Å². The highest BCUT2D eigenvalue weighted by atomic mass is 79.9. The minimum Gasteiger partial charge on any atom is -0.493 e. The van der Waals surface area contributed by atoms with Gasteiger partial charge in [-0.15, -0.1) is 0 Å². The predicted molar refractivity (Wildman–Crippen MR) is 138 cm³/mol. The Balaban J connectivity index is 1.36. The van der Waals surface area contributed by atoms with E-state index in [4.69, 9.17) is 9.47 Å². The summed E-state index contributed by atoms with van der Waals surface area (Å²) in [4.78, 5) is 4.68. The fourth-order valence-electron chi connectivity index (χ4n) is 4.89. The van der Waals surface area contributed by atoms with Gasteiger partial charge in [0.15, 0.2) is 11.5 Å². The summed E-state index contributed by atoms with van der Waals surface area (Å²) in [7, 11) is 1.64. The van der Waals surface area contributed by atoms with Crippen molar-refractivity contribution >= 4 is 33.5 Å². The number of methoxy groups -OCH3 is 1. The van der Waals surface area contributed by atoms with Crippen LogP contribution in [0.4, 0.5) is 11.4 Å². The first-order chi connectivity index (χ1) is 16.2. The van der Waals surface area contributed by atoms with Gasteiger partial charge < -0.3 is 14.8 Å². The molecule has 3 aromatic carbocycles. The lowest BCUT2D eigenvalue weighted by molar-refractivity contribution is 0.309. The number of rotatable bonds is 6. The van der Waals surface area contributed by atoms with Crippen molar-refractivity contribution in [2.45, 2.75) is 25.3 Å². The summed E-state index contributed by atoms with van der Waals surface area (Å²) in [5, 5.41) is 3.79. The Labute approximate surface area is 203 Å². The molecule has 2 aliphatic rings. The molecule has 0 saturated carbocycles. The molecule has 5 heteroatoms. The fraction of sp³-hybridized carbons (Fsp3) is 0.250. The van der Waals surface area contributed by atoms with Gasteiger partial charge in [0.05, 0.1) is 29.9 Å². The molecule has 0 amide bonds. The molecule has 0 saturated heterocycles. The lowest BCUT2D eigenvalue weighted by Gasteiger charge is -2.37. The minimum absolute atomic E-state index is 0.296. The summed E-state index contributed by atoms with van der Waals surface area (Å²) >= 11 is 3.57. The number of halogens is 1. The van der Waals surface area contributed by atoms with Crippen molar-refractivity contribution in [2.75, 3.05) is 19.0 Å². The predicted octanol–water partition coefficient (Wildman–Crippen LogP) is 7.43. The average molecular weight is 503 g/mol. The first-order valence-electron chi connectivity index (χ1n) is 11.3. The molecule has 4 nitrogen and oxygen atoms in total. The number of ether oxygens (including phenoxy) is 2. The molecule has 0 bridgehead atoms. The SMILES string of the molecule is CCOc1c(Br)cc(C=Nc2ccc([C@@H]3Nc4ccccc4[C@H]4C=CC[C@H]43)cc2)cc1OC. The van der Waals surface area contributed by atoms with Crippen molar-refractivity contribution < 1.29 is 9.47 Å². The van der Waals surface area contributed by atoms with Crippen LogP contribution >= 0.6 is 15.9 Å². The third kappa shape index (κ3) is 4.30. The molecule has 1 N–H and O–H groups in total. The number of hydrogen-bond acceptors (Lipinski definition) is 4. The van der Waals surface area contributed by atoms with Gasteiger partial charge in [0.25, 0.3) is 0 Å². The van der Waals surface area contributed by atoms with Gasteiger partial charge in [-0.1, -0.05) is 42.5 Å². The third-order valence-corrected chi connectivity index (χ3v) is 7.02. The molecule has 3 aromatic rings. The molecule has 1 aliphatic heterocycles. The Morgan fingerprint density at radius 2 is 1.94 bits per heavy atom. The van der Waals surface area contributed by atoms with Crippen LogP contribution in [0.25, 0.3) is 0 Å². The van der Waals surface area contributed by atoms with Crippen LogP contribution in [0.15, 0.2) is 82.3 Å². The topological polar surface area (TPSA) is 42.8 Å². The van der Waals surface area contributed by atoms with Crippen LogP contribution in [-0.2, 0) is 0 Å². The van der Waals surface area contributed by atoms with Gasteiger partial charge in [-0.3, -0.25) is 4.99 Å². The largest absolute Gasteiger partial charge is 0.493 e. The lowest BCUT2D eigenvalue weighted by Crippen LogP contribution is -2.28. The molecule has 168 valence electrons. The number of hydrogen-bond donors (Lipinski definition) is 1. The summed E-state index contributed by atoms with van der Waals surface area (Å²) < 4.78 is 12.0. The average Bonchev–Trinajstić information content (AvgIpc) is 3.34. The summed E-state index contributed by atoms with van der Waals surface area (Å²) in [6.45, 7) is 2.53. The number of nitrogens with zero attached hydrogens (tertiary/aromatic N) is 1. The molecule has 0 aromatic heterocycles. The quantitative estimate of drug-likeness (QED) is 0.281. The number of nitrogens with one attached hydrogen (secondary N) is 1. The summed E-state index contributed by atoms with van der Waals surface area (Å²) in [5.74, 6) is 2.43. The number of benzene rings is 3. The van der Waals surface area contributed by atoms with Crippen LogP contribution in [0.3, 0.4) is 0 Å².